The van der Waals surface area contributed by atoms with Crippen LogP contribution in [0.4, 0.5) is 13.2 Å². The maximum atomic E-state index is 13.0. The molecular formula is C14H7F3N2OS. The number of hydrogen-bond donors (Lipinski definition) is 0. The van der Waals surface area contributed by atoms with Gasteiger partial charge in [0.2, 0.25) is 0 Å². The van der Waals surface area contributed by atoms with Crippen molar-refractivity contribution in [3.8, 4) is 6.07 Å². The van der Waals surface area contributed by atoms with Crippen molar-refractivity contribution >= 4 is 22.7 Å². The third-order valence-electron chi connectivity index (χ3n) is 3.08. The Bertz CT molecular complexity index is 782. The van der Waals surface area contributed by atoms with Crippen LogP contribution in [0.2, 0.25) is 0 Å². The Hall–Kier alpha value is -2.38. The lowest BCUT2D eigenvalue weighted by atomic mass is 10.0. The number of hydrogen-bond acceptors (Lipinski definition) is 3. The summed E-state index contributed by atoms with van der Waals surface area (Å²) in [6, 6.07) is 1.65. The molecule has 1 aromatic rings. The zero-order valence-electron chi connectivity index (χ0n) is 10.9. The number of thiophene rings is 1. The van der Waals surface area contributed by atoms with Crippen molar-refractivity contribution in [2.75, 3.05) is 0 Å². The SMILES string of the molecule is [C-]#[N+]/C(C#N)=C1\C(=C\C)C(=O)c2c(C(F)(F)F)sc(C)c21. The van der Waals surface area contributed by atoms with Crippen LogP contribution in [0.3, 0.4) is 0 Å². The second-order valence-corrected chi connectivity index (χ2v) is 5.44. The van der Waals surface area contributed by atoms with Crippen LogP contribution in [-0.4, -0.2) is 5.78 Å². The predicted octanol–water partition coefficient (Wildman–Crippen LogP) is 4.37. The number of allylic oxidation sites excluding steroid dienone is 4. The van der Waals surface area contributed by atoms with Crippen molar-refractivity contribution in [3.05, 3.63) is 49.6 Å². The Morgan fingerprint density at radius 1 is 1.43 bits per heavy atom. The molecular weight excluding hydrogens is 301 g/mol. The average molecular weight is 308 g/mol. The second kappa shape index (κ2) is 4.87. The maximum Gasteiger partial charge on any atom is 0.426 e. The van der Waals surface area contributed by atoms with E-state index in [0.29, 0.717) is 11.3 Å². The van der Waals surface area contributed by atoms with Crippen molar-refractivity contribution in [1.82, 2.24) is 0 Å². The molecule has 0 atom stereocenters. The van der Waals surface area contributed by atoms with Crippen molar-refractivity contribution in [1.29, 1.82) is 5.26 Å². The molecule has 0 bridgehead atoms. The Morgan fingerprint density at radius 2 is 2.05 bits per heavy atom. The molecule has 106 valence electrons. The zero-order chi connectivity index (χ0) is 15.9. The summed E-state index contributed by atoms with van der Waals surface area (Å²) in [5.74, 6) is -0.782. The molecule has 1 aromatic heterocycles. The number of aryl methyl sites for hydroxylation is 1. The fraction of sp³-hybridized carbons (Fsp3) is 0.214. The van der Waals surface area contributed by atoms with Crippen LogP contribution in [0, 0.1) is 24.8 Å². The van der Waals surface area contributed by atoms with Gasteiger partial charge in [0.1, 0.15) is 4.88 Å². The molecule has 1 aliphatic rings. The van der Waals surface area contributed by atoms with E-state index in [1.807, 2.05) is 0 Å². The third-order valence-corrected chi connectivity index (χ3v) is 4.23. The molecule has 0 fully saturated rings. The summed E-state index contributed by atoms with van der Waals surface area (Å²) in [6.07, 6.45) is -3.30. The van der Waals surface area contributed by atoms with E-state index in [9.17, 15) is 18.0 Å². The maximum absolute atomic E-state index is 13.0. The first-order valence-corrected chi connectivity index (χ1v) is 6.53. The lowest BCUT2D eigenvalue weighted by molar-refractivity contribution is -0.134. The highest BCUT2D eigenvalue weighted by molar-refractivity contribution is 7.13. The van der Waals surface area contributed by atoms with Gasteiger partial charge in [0.25, 0.3) is 5.70 Å². The van der Waals surface area contributed by atoms with Gasteiger partial charge in [0.15, 0.2) is 5.78 Å². The summed E-state index contributed by atoms with van der Waals surface area (Å²) in [5, 5.41) is 8.99. The molecule has 0 spiro atoms. The molecule has 0 unspecified atom stereocenters. The number of halogens is 3. The van der Waals surface area contributed by atoms with Gasteiger partial charge in [-0.2, -0.15) is 13.2 Å². The first-order valence-electron chi connectivity index (χ1n) is 5.72. The predicted molar refractivity (Wildman–Crippen MR) is 71.3 cm³/mol. The van der Waals surface area contributed by atoms with Gasteiger partial charge in [0.05, 0.1) is 18.2 Å². The van der Waals surface area contributed by atoms with E-state index in [1.54, 1.807) is 6.07 Å². The average Bonchev–Trinajstić information content (AvgIpc) is 2.89. The minimum absolute atomic E-state index is 0.0132. The van der Waals surface area contributed by atoms with Crippen LogP contribution in [0.25, 0.3) is 10.4 Å². The second-order valence-electron chi connectivity index (χ2n) is 4.21. The minimum Gasteiger partial charge on any atom is -0.289 e. The molecule has 7 heteroatoms. The molecule has 0 radical (unpaired) electrons. The van der Waals surface area contributed by atoms with E-state index in [0.717, 1.165) is 0 Å². The van der Waals surface area contributed by atoms with Crippen LogP contribution >= 0.6 is 11.3 Å². The number of nitrogens with zero attached hydrogens (tertiary/aromatic N) is 2. The Labute approximate surface area is 122 Å². The van der Waals surface area contributed by atoms with E-state index in [-0.39, 0.29) is 27.3 Å². The number of ketones is 1. The normalized spacial score (nSPS) is 18.4. The Morgan fingerprint density at radius 3 is 2.48 bits per heavy atom. The Kier molecular flexibility index (Phi) is 3.48. The summed E-state index contributed by atoms with van der Waals surface area (Å²) in [5.41, 5.74) is -0.750. The molecule has 1 aliphatic carbocycles. The van der Waals surface area contributed by atoms with Crippen LogP contribution in [0.5, 0.6) is 0 Å². The van der Waals surface area contributed by atoms with E-state index in [4.69, 9.17) is 11.8 Å². The van der Waals surface area contributed by atoms with Gasteiger partial charge >= 0.3 is 6.18 Å². The fourth-order valence-electron chi connectivity index (χ4n) is 2.30. The number of carbonyl (C=O) groups excluding carboxylic acids is 1. The molecule has 0 aromatic carbocycles. The summed E-state index contributed by atoms with van der Waals surface area (Å²) in [7, 11) is 0. The van der Waals surface area contributed by atoms with Gasteiger partial charge in [-0.05, 0) is 19.4 Å². The molecule has 0 saturated heterocycles. The standard InChI is InChI=1S/C14H7F3N2OS/c1-4-7-10(8(5-18)19-3)9-6(2)21-13(14(15,16)17)11(9)12(7)20/h4H,1-2H3/b7-4-,10-8+. The van der Waals surface area contributed by atoms with E-state index < -0.39 is 22.4 Å². The lowest BCUT2D eigenvalue weighted by Gasteiger charge is -2.05. The zero-order valence-corrected chi connectivity index (χ0v) is 11.7. The van der Waals surface area contributed by atoms with E-state index in [1.165, 1.54) is 19.9 Å². The molecule has 1 heterocycles. The number of carbonyl (C=O) groups is 1. The molecule has 0 saturated carbocycles. The summed E-state index contributed by atoms with van der Waals surface area (Å²) in [4.78, 5) is 14.6. The van der Waals surface area contributed by atoms with E-state index in [2.05, 4.69) is 4.85 Å². The van der Waals surface area contributed by atoms with Gasteiger partial charge in [0, 0.05) is 16.0 Å². The van der Waals surface area contributed by atoms with E-state index >= 15 is 0 Å². The summed E-state index contributed by atoms with van der Waals surface area (Å²) in [6.45, 7) is 9.92. The largest absolute Gasteiger partial charge is 0.426 e. The van der Waals surface area contributed by atoms with Crippen molar-refractivity contribution in [2.24, 2.45) is 0 Å². The molecule has 0 amide bonds. The highest BCUT2D eigenvalue weighted by Crippen LogP contribution is 2.50. The molecule has 0 aliphatic heterocycles. The minimum atomic E-state index is -4.64. The molecule has 3 nitrogen and oxygen atoms in total. The summed E-state index contributed by atoms with van der Waals surface area (Å²) >= 11 is 0.463. The number of Topliss-reactive ketones (excluding diaryl/α,β-unsaturated/α-hetero) is 1. The number of fused-ring (bicyclic) bond motifs is 1. The third kappa shape index (κ3) is 2.07. The van der Waals surface area contributed by atoms with Gasteiger partial charge in [-0.25, -0.2) is 10.1 Å². The quantitative estimate of drug-likeness (QED) is 0.406. The van der Waals surface area contributed by atoms with Crippen molar-refractivity contribution in [3.63, 3.8) is 0 Å². The van der Waals surface area contributed by atoms with Gasteiger partial charge < -0.3 is 0 Å². The van der Waals surface area contributed by atoms with Gasteiger partial charge in [-0.3, -0.25) is 4.79 Å². The first kappa shape index (κ1) is 15.0. The smallest absolute Gasteiger partial charge is 0.289 e. The highest BCUT2D eigenvalue weighted by Gasteiger charge is 2.45. The molecule has 2 rings (SSSR count). The van der Waals surface area contributed by atoms with Crippen LogP contribution in [-0.2, 0) is 6.18 Å². The molecule has 0 N–H and O–H groups in total. The van der Waals surface area contributed by atoms with Gasteiger partial charge in [-0.1, -0.05) is 6.08 Å². The topological polar surface area (TPSA) is 45.2 Å². The Balaban J connectivity index is 2.95. The highest BCUT2D eigenvalue weighted by atomic mass is 32.1. The van der Waals surface area contributed by atoms with Crippen molar-refractivity contribution < 1.29 is 18.0 Å². The summed E-state index contributed by atoms with van der Waals surface area (Å²) < 4.78 is 39.1. The van der Waals surface area contributed by atoms with Gasteiger partial charge in [-0.15, -0.1) is 11.3 Å². The van der Waals surface area contributed by atoms with Crippen molar-refractivity contribution in [2.45, 2.75) is 20.0 Å². The lowest BCUT2D eigenvalue weighted by Crippen LogP contribution is -2.08. The monoisotopic (exact) mass is 308 g/mol. The molecule has 21 heavy (non-hydrogen) atoms. The van der Waals surface area contributed by atoms with Crippen LogP contribution in [0.15, 0.2) is 17.3 Å². The van der Waals surface area contributed by atoms with Crippen LogP contribution < -0.4 is 0 Å². The number of nitriles is 1. The van der Waals surface area contributed by atoms with Crippen LogP contribution in [0.1, 0.15) is 32.6 Å². The fourth-order valence-corrected chi connectivity index (χ4v) is 3.33. The first-order chi connectivity index (χ1) is 9.77. The number of alkyl halides is 3. The number of rotatable bonds is 0.